The van der Waals surface area contributed by atoms with Crippen molar-refractivity contribution in [3.8, 4) is 11.5 Å². The van der Waals surface area contributed by atoms with Gasteiger partial charge in [0.2, 0.25) is 0 Å². The lowest BCUT2D eigenvalue weighted by Crippen LogP contribution is -2.10. The van der Waals surface area contributed by atoms with Crippen molar-refractivity contribution in [2.45, 2.75) is 39.0 Å². The molecular formula is C15H25NO2. The van der Waals surface area contributed by atoms with Gasteiger partial charge >= 0.3 is 0 Å². The van der Waals surface area contributed by atoms with Crippen LogP contribution in [0.15, 0.2) is 12.1 Å². The zero-order chi connectivity index (χ0) is 13.7. The Kier molecular flexibility index (Phi) is 5.48. The fourth-order valence-electron chi connectivity index (χ4n) is 2.37. The van der Waals surface area contributed by atoms with Crippen LogP contribution in [0.25, 0.3) is 0 Å². The highest BCUT2D eigenvalue weighted by molar-refractivity contribution is 5.53. The van der Waals surface area contributed by atoms with Gasteiger partial charge in [-0.1, -0.05) is 26.8 Å². The number of ether oxygens (including phenoxy) is 2. The third-order valence-corrected chi connectivity index (χ3v) is 3.33. The number of nitrogens with two attached hydrogens (primary N) is 1. The van der Waals surface area contributed by atoms with Gasteiger partial charge in [0.15, 0.2) is 11.5 Å². The Balaban J connectivity index is 3.38. The Morgan fingerprint density at radius 1 is 1.11 bits per heavy atom. The second kappa shape index (κ2) is 6.64. The molecule has 1 atom stereocenters. The first kappa shape index (κ1) is 14.8. The van der Waals surface area contributed by atoms with Crippen LogP contribution in [-0.2, 0) is 0 Å². The summed E-state index contributed by atoms with van der Waals surface area (Å²) in [6.45, 7) is 7.26. The summed E-state index contributed by atoms with van der Waals surface area (Å²) in [5.74, 6) is 2.47. The Morgan fingerprint density at radius 3 is 2.22 bits per heavy atom. The number of methoxy groups -OCH3 is 2. The monoisotopic (exact) mass is 251 g/mol. The number of benzene rings is 1. The van der Waals surface area contributed by atoms with Crippen LogP contribution < -0.4 is 15.2 Å². The van der Waals surface area contributed by atoms with Crippen LogP contribution in [0, 0.1) is 0 Å². The maximum Gasteiger partial charge on any atom is 0.164 e. The topological polar surface area (TPSA) is 44.5 Å². The number of hydrogen-bond acceptors (Lipinski definition) is 3. The molecule has 0 fully saturated rings. The van der Waals surface area contributed by atoms with E-state index in [0.717, 1.165) is 17.9 Å². The van der Waals surface area contributed by atoms with Gasteiger partial charge in [0.1, 0.15) is 0 Å². The predicted octanol–water partition coefficient (Wildman–Crippen LogP) is 3.28. The average Bonchev–Trinajstić information content (AvgIpc) is 2.36. The van der Waals surface area contributed by atoms with Crippen molar-refractivity contribution in [3.05, 3.63) is 23.3 Å². The van der Waals surface area contributed by atoms with Crippen molar-refractivity contribution in [1.82, 2.24) is 0 Å². The minimum Gasteiger partial charge on any atom is -0.493 e. The molecule has 0 aliphatic rings. The molecule has 0 spiro atoms. The van der Waals surface area contributed by atoms with E-state index < -0.39 is 0 Å². The van der Waals surface area contributed by atoms with Crippen molar-refractivity contribution >= 4 is 0 Å². The molecule has 3 nitrogen and oxygen atoms in total. The molecule has 0 saturated carbocycles. The van der Waals surface area contributed by atoms with Gasteiger partial charge in [-0.2, -0.15) is 0 Å². The Hall–Kier alpha value is -1.22. The Labute approximate surface area is 110 Å². The first-order chi connectivity index (χ1) is 8.56. The van der Waals surface area contributed by atoms with Crippen LogP contribution in [0.1, 0.15) is 50.2 Å². The Bertz CT molecular complexity index is 388. The molecule has 2 N–H and O–H groups in total. The molecule has 0 heterocycles. The molecule has 0 aliphatic heterocycles. The molecule has 0 aliphatic carbocycles. The van der Waals surface area contributed by atoms with Gasteiger partial charge in [0.25, 0.3) is 0 Å². The number of rotatable bonds is 6. The quantitative estimate of drug-likeness (QED) is 0.844. The summed E-state index contributed by atoms with van der Waals surface area (Å²) in [7, 11) is 3.37. The number of hydrogen-bond donors (Lipinski definition) is 1. The van der Waals surface area contributed by atoms with E-state index >= 15 is 0 Å². The van der Waals surface area contributed by atoms with Gasteiger partial charge < -0.3 is 15.2 Å². The largest absolute Gasteiger partial charge is 0.493 e. The van der Waals surface area contributed by atoms with Crippen molar-refractivity contribution in [1.29, 1.82) is 0 Å². The van der Waals surface area contributed by atoms with E-state index in [2.05, 4.69) is 26.8 Å². The Morgan fingerprint density at radius 2 is 1.78 bits per heavy atom. The molecule has 1 aromatic carbocycles. The molecule has 0 saturated heterocycles. The summed E-state index contributed by atoms with van der Waals surface area (Å²) >= 11 is 0. The van der Waals surface area contributed by atoms with Crippen LogP contribution in [0.2, 0.25) is 0 Å². The molecule has 1 aromatic rings. The summed E-state index contributed by atoms with van der Waals surface area (Å²) in [5.41, 5.74) is 8.23. The van der Waals surface area contributed by atoms with E-state index in [9.17, 15) is 0 Å². The summed E-state index contributed by atoms with van der Waals surface area (Å²) in [6.07, 6.45) is 0.948. The molecule has 102 valence electrons. The molecule has 1 rings (SSSR count). The third kappa shape index (κ3) is 2.96. The minimum atomic E-state index is 0.373. The van der Waals surface area contributed by atoms with Gasteiger partial charge in [0, 0.05) is 5.56 Å². The van der Waals surface area contributed by atoms with E-state index in [1.807, 2.05) is 6.07 Å². The van der Waals surface area contributed by atoms with E-state index in [1.54, 1.807) is 14.2 Å². The van der Waals surface area contributed by atoms with E-state index in [-0.39, 0.29) is 0 Å². The summed E-state index contributed by atoms with van der Waals surface area (Å²) in [5, 5.41) is 0. The van der Waals surface area contributed by atoms with Crippen LogP contribution >= 0.6 is 0 Å². The lowest BCUT2D eigenvalue weighted by molar-refractivity contribution is 0.348. The van der Waals surface area contributed by atoms with Crippen LogP contribution in [-0.4, -0.2) is 20.8 Å². The van der Waals surface area contributed by atoms with Gasteiger partial charge in [-0.3, -0.25) is 0 Å². The highest BCUT2D eigenvalue weighted by Gasteiger charge is 2.21. The fourth-order valence-corrected chi connectivity index (χ4v) is 2.37. The summed E-state index contributed by atoms with van der Waals surface area (Å²) in [4.78, 5) is 0. The summed E-state index contributed by atoms with van der Waals surface area (Å²) in [6, 6.07) is 4.11. The molecule has 3 heteroatoms. The van der Waals surface area contributed by atoms with Gasteiger partial charge in [-0.15, -0.1) is 0 Å². The second-order valence-electron chi connectivity index (χ2n) is 4.94. The van der Waals surface area contributed by atoms with E-state index in [1.165, 1.54) is 11.1 Å². The maximum atomic E-state index is 5.68. The average molecular weight is 251 g/mol. The molecule has 0 aromatic heterocycles. The van der Waals surface area contributed by atoms with Crippen molar-refractivity contribution in [2.75, 3.05) is 20.8 Å². The highest BCUT2D eigenvalue weighted by Crippen LogP contribution is 2.41. The molecule has 0 radical (unpaired) electrons. The molecular weight excluding hydrogens is 226 g/mol. The fraction of sp³-hybridized carbons (Fsp3) is 0.600. The predicted molar refractivity (Wildman–Crippen MR) is 75.7 cm³/mol. The minimum absolute atomic E-state index is 0.373. The zero-order valence-electron chi connectivity index (χ0n) is 12.1. The van der Waals surface area contributed by atoms with E-state index in [4.69, 9.17) is 15.2 Å². The SMILES string of the molecule is COc1ccc(C(C)C)c(C(C)CCN)c1OC. The van der Waals surface area contributed by atoms with Gasteiger partial charge in [0.05, 0.1) is 14.2 Å². The third-order valence-electron chi connectivity index (χ3n) is 3.33. The summed E-state index contributed by atoms with van der Waals surface area (Å²) < 4.78 is 10.9. The lowest BCUT2D eigenvalue weighted by Gasteiger charge is -2.23. The molecule has 0 amide bonds. The maximum absolute atomic E-state index is 5.68. The van der Waals surface area contributed by atoms with Crippen molar-refractivity contribution in [2.24, 2.45) is 5.73 Å². The van der Waals surface area contributed by atoms with Crippen LogP contribution in [0.5, 0.6) is 11.5 Å². The van der Waals surface area contributed by atoms with Crippen LogP contribution in [0.3, 0.4) is 0 Å². The van der Waals surface area contributed by atoms with E-state index in [0.29, 0.717) is 18.4 Å². The normalized spacial score (nSPS) is 12.6. The van der Waals surface area contributed by atoms with Gasteiger partial charge in [-0.25, -0.2) is 0 Å². The first-order valence-electron chi connectivity index (χ1n) is 6.51. The molecule has 1 unspecified atom stereocenters. The molecule has 0 bridgehead atoms. The standard InChI is InChI=1S/C15H25NO2/c1-10(2)12-6-7-13(17-4)15(18-5)14(12)11(3)8-9-16/h6-7,10-11H,8-9,16H2,1-5H3. The van der Waals surface area contributed by atoms with Crippen molar-refractivity contribution < 1.29 is 9.47 Å². The smallest absolute Gasteiger partial charge is 0.164 e. The first-order valence-corrected chi connectivity index (χ1v) is 6.51. The van der Waals surface area contributed by atoms with Crippen LogP contribution in [0.4, 0.5) is 0 Å². The zero-order valence-corrected chi connectivity index (χ0v) is 12.1. The van der Waals surface area contributed by atoms with Crippen molar-refractivity contribution in [3.63, 3.8) is 0 Å². The lowest BCUT2D eigenvalue weighted by atomic mass is 9.87. The molecule has 18 heavy (non-hydrogen) atoms. The van der Waals surface area contributed by atoms with Gasteiger partial charge in [-0.05, 0) is 36.4 Å². The highest BCUT2D eigenvalue weighted by atomic mass is 16.5. The second-order valence-corrected chi connectivity index (χ2v) is 4.94.